The summed E-state index contributed by atoms with van der Waals surface area (Å²) < 4.78 is 25.6. The molecule has 0 aliphatic heterocycles. The second-order valence-corrected chi connectivity index (χ2v) is 3.12. The fraction of sp³-hybridized carbons (Fsp3) is 0. The number of halogens is 5. The van der Waals surface area contributed by atoms with Gasteiger partial charge in [-0.3, -0.25) is 0 Å². The number of anilines is 1. The van der Waals surface area contributed by atoms with E-state index >= 15 is 0 Å². The highest BCUT2D eigenvalue weighted by Crippen LogP contribution is 2.37. The average molecular weight is 232 g/mol. The van der Waals surface area contributed by atoms with Gasteiger partial charge in [0.1, 0.15) is 15.1 Å². The minimum atomic E-state index is -1.10. The number of nitrogen functional groups attached to an aromatic ring is 1. The van der Waals surface area contributed by atoms with E-state index in [1.165, 1.54) is 0 Å². The van der Waals surface area contributed by atoms with Gasteiger partial charge in [-0.1, -0.05) is 34.8 Å². The lowest BCUT2D eigenvalue weighted by molar-refractivity contribution is 0.586. The summed E-state index contributed by atoms with van der Waals surface area (Å²) in [5, 5.41) is -1.68. The second-order valence-electron chi connectivity index (χ2n) is 1.98. The Morgan fingerprint density at radius 1 is 0.833 bits per heavy atom. The lowest BCUT2D eigenvalue weighted by Crippen LogP contribution is -1.95. The Labute approximate surface area is 82.0 Å². The number of hydrogen-bond donors (Lipinski definition) is 1. The minimum absolute atomic E-state index is 0.349. The fourth-order valence-corrected chi connectivity index (χ4v) is 1.33. The molecule has 1 aromatic carbocycles. The van der Waals surface area contributed by atoms with E-state index < -0.39 is 26.7 Å². The van der Waals surface area contributed by atoms with Crippen LogP contribution in [0.4, 0.5) is 14.5 Å². The molecule has 0 aromatic heterocycles. The van der Waals surface area contributed by atoms with Gasteiger partial charge in [-0.25, -0.2) is 8.78 Å². The molecule has 0 aliphatic rings. The molecule has 0 unspecified atom stereocenters. The zero-order valence-electron chi connectivity index (χ0n) is 5.47. The number of nitrogens with two attached hydrogens (primary N) is 1. The molecule has 0 spiro atoms. The molecule has 0 amide bonds. The van der Waals surface area contributed by atoms with Crippen molar-refractivity contribution in [3.05, 3.63) is 26.7 Å². The van der Waals surface area contributed by atoms with Gasteiger partial charge in [0.2, 0.25) is 0 Å². The molecule has 0 atom stereocenters. The lowest BCUT2D eigenvalue weighted by Gasteiger charge is -2.05. The van der Waals surface area contributed by atoms with Crippen LogP contribution < -0.4 is 5.73 Å². The van der Waals surface area contributed by atoms with Crippen LogP contribution in [0, 0.1) is 11.6 Å². The Hall–Kier alpha value is -0.250. The Kier molecular flexibility index (Phi) is 2.66. The molecular formula is C6H2Cl3F2N. The van der Waals surface area contributed by atoms with E-state index in [2.05, 4.69) is 0 Å². The van der Waals surface area contributed by atoms with Crippen molar-refractivity contribution in [1.82, 2.24) is 0 Å². The van der Waals surface area contributed by atoms with Crippen molar-refractivity contribution in [3.8, 4) is 0 Å². The van der Waals surface area contributed by atoms with Crippen molar-refractivity contribution in [3.63, 3.8) is 0 Å². The first-order chi connectivity index (χ1) is 5.46. The van der Waals surface area contributed by atoms with Crippen molar-refractivity contribution in [1.29, 1.82) is 0 Å². The van der Waals surface area contributed by atoms with Crippen LogP contribution in [0.2, 0.25) is 15.1 Å². The first kappa shape index (κ1) is 9.84. The summed E-state index contributed by atoms with van der Waals surface area (Å²) in [6.07, 6.45) is 0. The van der Waals surface area contributed by atoms with E-state index in [9.17, 15) is 8.78 Å². The van der Waals surface area contributed by atoms with E-state index in [-0.39, 0.29) is 5.69 Å². The summed E-state index contributed by atoms with van der Waals surface area (Å²) >= 11 is 15.8. The molecule has 0 fully saturated rings. The van der Waals surface area contributed by atoms with Crippen molar-refractivity contribution in [2.75, 3.05) is 5.73 Å². The number of rotatable bonds is 0. The summed E-state index contributed by atoms with van der Waals surface area (Å²) in [7, 11) is 0. The topological polar surface area (TPSA) is 26.0 Å². The highest BCUT2D eigenvalue weighted by atomic mass is 35.5. The van der Waals surface area contributed by atoms with Gasteiger partial charge in [-0.2, -0.15) is 0 Å². The van der Waals surface area contributed by atoms with Crippen LogP contribution in [0.5, 0.6) is 0 Å². The average Bonchev–Trinajstić information content (AvgIpc) is 2.08. The van der Waals surface area contributed by atoms with Crippen molar-refractivity contribution >= 4 is 40.5 Å². The largest absolute Gasteiger partial charge is 0.396 e. The van der Waals surface area contributed by atoms with Crippen molar-refractivity contribution < 1.29 is 8.78 Å². The monoisotopic (exact) mass is 231 g/mol. The quantitative estimate of drug-likeness (QED) is 0.413. The molecule has 2 N–H and O–H groups in total. The highest BCUT2D eigenvalue weighted by Gasteiger charge is 2.19. The molecular weight excluding hydrogens is 230 g/mol. The third-order valence-corrected chi connectivity index (χ3v) is 2.31. The van der Waals surface area contributed by atoms with Gasteiger partial charge < -0.3 is 5.73 Å². The van der Waals surface area contributed by atoms with Gasteiger partial charge >= 0.3 is 0 Å². The van der Waals surface area contributed by atoms with Gasteiger partial charge in [0.15, 0.2) is 11.6 Å². The van der Waals surface area contributed by atoms with Crippen molar-refractivity contribution in [2.45, 2.75) is 0 Å². The van der Waals surface area contributed by atoms with Crippen LogP contribution in [0.25, 0.3) is 0 Å². The SMILES string of the molecule is Nc1c(Cl)c(F)c(Cl)c(F)c1Cl. The molecule has 1 rings (SSSR count). The zero-order chi connectivity index (χ0) is 9.46. The first-order valence-electron chi connectivity index (χ1n) is 2.73. The highest BCUT2D eigenvalue weighted by molar-refractivity contribution is 6.41. The second kappa shape index (κ2) is 3.24. The molecule has 0 heterocycles. The van der Waals surface area contributed by atoms with Crippen LogP contribution in [0.15, 0.2) is 0 Å². The first-order valence-corrected chi connectivity index (χ1v) is 3.87. The molecule has 66 valence electrons. The maximum absolute atomic E-state index is 12.8. The fourth-order valence-electron chi connectivity index (χ4n) is 0.622. The minimum Gasteiger partial charge on any atom is -0.396 e. The Morgan fingerprint density at radius 3 is 1.50 bits per heavy atom. The van der Waals surface area contributed by atoms with Crippen LogP contribution in [0.3, 0.4) is 0 Å². The Balaban J connectivity index is 3.60. The maximum atomic E-state index is 12.8. The summed E-state index contributed by atoms with van der Waals surface area (Å²) in [5.41, 5.74) is 4.80. The van der Waals surface area contributed by atoms with Crippen LogP contribution in [-0.2, 0) is 0 Å². The summed E-state index contributed by atoms with van der Waals surface area (Å²) in [4.78, 5) is 0. The smallest absolute Gasteiger partial charge is 0.165 e. The molecule has 6 heteroatoms. The molecule has 0 aliphatic carbocycles. The van der Waals surface area contributed by atoms with Crippen molar-refractivity contribution in [2.24, 2.45) is 0 Å². The number of benzene rings is 1. The third kappa shape index (κ3) is 1.32. The Morgan fingerprint density at radius 2 is 1.17 bits per heavy atom. The van der Waals surface area contributed by atoms with Gasteiger partial charge in [-0.05, 0) is 0 Å². The maximum Gasteiger partial charge on any atom is 0.165 e. The normalized spacial score (nSPS) is 10.4. The molecule has 1 aromatic rings. The molecule has 0 saturated carbocycles. The van der Waals surface area contributed by atoms with E-state index in [0.29, 0.717) is 0 Å². The molecule has 1 nitrogen and oxygen atoms in total. The predicted molar refractivity (Wildman–Crippen MR) is 45.8 cm³/mol. The zero-order valence-corrected chi connectivity index (χ0v) is 7.73. The summed E-state index contributed by atoms with van der Waals surface area (Å²) in [5.74, 6) is -2.20. The molecule has 0 radical (unpaired) electrons. The third-order valence-electron chi connectivity index (χ3n) is 1.24. The van der Waals surface area contributed by atoms with Crippen LogP contribution in [0.1, 0.15) is 0 Å². The number of hydrogen-bond acceptors (Lipinski definition) is 1. The molecule has 0 bridgehead atoms. The predicted octanol–water partition coefficient (Wildman–Crippen LogP) is 3.51. The van der Waals surface area contributed by atoms with Gasteiger partial charge in [0.25, 0.3) is 0 Å². The molecule has 0 saturated heterocycles. The van der Waals surface area contributed by atoms with Crippen LogP contribution in [-0.4, -0.2) is 0 Å². The summed E-state index contributed by atoms with van der Waals surface area (Å²) in [6, 6.07) is 0. The van der Waals surface area contributed by atoms with Gasteiger partial charge in [0, 0.05) is 0 Å². The van der Waals surface area contributed by atoms with Gasteiger partial charge in [-0.15, -0.1) is 0 Å². The Bertz CT molecular complexity index is 235. The van der Waals surface area contributed by atoms with E-state index in [0.717, 1.165) is 0 Å². The standard InChI is InChI=1S/C6H2Cl3F2N/c7-1-4(10)2(8)6(12)3(9)5(1)11/h12H2. The van der Waals surface area contributed by atoms with Crippen LogP contribution >= 0.6 is 34.8 Å². The van der Waals surface area contributed by atoms with E-state index in [1.54, 1.807) is 0 Å². The lowest BCUT2D eigenvalue weighted by atomic mass is 10.3. The van der Waals surface area contributed by atoms with E-state index in [4.69, 9.17) is 40.5 Å². The van der Waals surface area contributed by atoms with E-state index in [1.807, 2.05) is 0 Å². The summed E-state index contributed by atoms with van der Waals surface area (Å²) in [6.45, 7) is 0. The molecule has 12 heavy (non-hydrogen) atoms. The van der Waals surface area contributed by atoms with Gasteiger partial charge in [0.05, 0.1) is 5.69 Å².